The van der Waals surface area contributed by atoms with Crippen LogP contribution in [0.2, 0.25) is 5.02 Å². The van der Waals surface area contributed by atoms with Gasteiger partial charge in [-0.2, -0.15) is 0 Å². The molecule has 3 fully saturated rings. The summed E-state index contributed by atoms with van der Waals surface area (Å²) >= 11 is 6.46. The largest absolute Gasteiger partial charge is 0.395 e. The summed E-state index contributed by atoms with van der Waals surface area (Å²) in [5.74, 6) is -2.43. The number of β-amino-alcohol motifs (C(OH)–C–C–N with tert-alkyl or cyclic N) is 1. The average molecular weight is 516 g/mol. The van der Waals surface area contributed by atoms with Crippen molar-refractivity contribution >= 4 is 35.0 Å². The van der Waals surface area contributed by atoms with Crippen LogP contribution < -0.4 is 4.90 Å². The average Bonchev–Trinajstić information content (AvgIpc) is 3.46. The Morgan fingerprint density at radius 3 is 2.53 bits per heavy atom. The highest BCUT2D eigenvalue weighted by Crippen LogP contribution is 2.64. The van der Waals surface area contributed by atoms with Gasteiger partial charge in [0.2, 0.25) is 11.8 Å². The van der Waals surface area contributed by atoms with Crippen LogP contribution in [0.4, 0.5) is 5.69 Å². The van der Waals surface area contributed by atoms with Crippen LogP contribution in [-0.4, -0.2) is 83.2 Å². The third-order valence-electron chi connectivity index (χ3n) is 8.02. The van der Waals surface area contributed by atoms with Crippen molar-refractivity contribution in [3.05, 3.63) is 54.6 Å². The lowest BCUT2D eigenvalue weighted by Crippen LogP contribution is -2.57. The van der Waals surface area contributed by atoms with Crippen LogP contribution in [0.5, 0.6) is 0 Å². The van der Waals surface area contributed by atoms with Crippen molar-refractivity contribution in [1.29, 1.82) is 0 Å². The Morgan fingerprint density at radius 1 is 1.22 bits per heavy atom. The fraction of sp³-hybridized carbons (Fsp3) is 0.519. The molecule has 1 spiro atoms. The summed E-state index contributed by atoms with van der Waals surface area (Å²) in [7, 11) is 1.68. The highest BCUT2D eigenvalue weighted by Gasteiger charge is 2.79. The molecule has 0 saturated carbocycles. The first-order chi connectivity index (χ1) is 17.2. The van der Waals surface area contributed by atoms with E-state index in [1.54, 1.807) is 48.4 Å². The summed E-state index contributed by atoms with van der Waals surface area (Å²) in [4.78, 5) is 46.4. The number of likely N-dealkylation sites (tertiary alicyclic amines) is 1. The van der Waals surface area contributed by atoms with Gasteiger partial charge >= 0.3 is 0 Å². The lowest BCUT2D eigenvalue weighted by molar-refractivity contribution is -0.150. The third-order valence-corrected chi connectivity index (χ3v) is 8.34. The summed E-state index contributed by atoms with van der Waals surface area (Å²) in [5, 5.41) is 10.2. The molecule has 0 aromatic heterocycles. The molecule has 36 heavy (non-hydrogen) atoms. The first kappa shape index (κ1) is 26.4. The van der Waals surface area contributed by atoms with E-state index in [4.69, 9.17) is 16.3 Å². The maximum atomic E-state index is 14.3. The van der Waals surface area contributed by atoms with Gasteiger partial charge in [-0.15, -0.1) is 13.2 Å². The molecule has 3 heterocycles. The van der Waals surface area contributed by atoms with Crippen molar-refractivity contribution in [2.75, 3.05) is 38.2 Å². The van der Waals surface area contributed by atoms with Crippen LogP contribution in [0, 0.1) is 11.8 Å². The Kier molecular flexibility index (Phi) is 7.33. The molecule has 3 saturated heterocycles. The standard InChI is InChI=1S/C27H34ClN3O5/c1-5-14-29(4)23(33)20-21-24(34)31(16-17-32)22(27(21)13-12-26(20,7-3)36-27)25(35)30(15-6-2)19-11-9-8-10-18(19)28/h5-6,8-11,20-22,32H,1-2,7,12-17H2,3-4H3/t20-,21+,22?,26+,27?/m1/s1. The van der Waals surface area contributed by atoms with Crippen molar-refractivity contribution < 1.29 is 24.2 Å². The second kappa shape index (κ2) is 10.00. The minimum Gasteiger partial charge on any atom is -0.395 e. The number of carbonyl (C=O) groups is 3. The fourth-order valence-corrected chi connectivity index (χ4v) is 6.73. The van der Waals surface area contributed by atoms with Crippen LogP contribution >= 0.6 is 11.6 Å². The lowest BCUT2D eigenvalue weighted by atomic mass is 9.64. The summed E-state index contributed by atoms with van der Waals surface area (Å²) in [6.07, 6.45) is 4.81. The van der Waals surface area contributed by atoms with Gasteiger partial charge in [0.25, 0.3) is 5.91 Å². The van der Waals surface area contributed by atoms with Gasteiger partial charge in [-0.05, 0) is 31.4 Å². The van der Waals surface area contributed by atoms with Gasteiger partial charge in [0.1, 0.15) is 11.6 Å². The molecule has 194 valence electrons. The van der Waals surface area contributed by atoms with E-state index < -0.39 is 29.1 Å². The Labute approximate surface area is 217 Å². The molecule has 4 rings (SSSR count). The molecule has 1 aromatic carbocycles. The molecule has 1 aromatic rings. The molecule has 2 unspecified atom stereocenters. The van der Waals surface area contributed by atoms with Crippen LogP contribution in [-0.2, 0) is 19.1 Å². The summed E-state index contributed by atoms with van der Waals surface area (Å²) in [6, 6.07) is 5.99. The smallest absolute Gasteiger partial charge is 0.253 e. The number of amides is 3. The second-order valence-electron chi connectivity index (χ2n) is 9.78. The fourth-order valence-electron chi connectivity index (χ4n) is 6.50. The van der Waals surface area contributed by atoms with E-state index in [9.17, 15) is 19.5 Å². The topological polar surface area (TPSA) is 90.4 Å². The number of likely N-dealkylation sites (N-methyl/N-ethyl adjacent to an activating group) is 1. The number of ether oxygens (including phenoxy) is 1. The first-order valence-corrected chi connectivity index (χ1v) is 12.7. The minimum atomic E-state index is -1.17. The van der Waals surface area contributed by atoms with Crippen molar-refractivity contribution in [1.82, 2.24) is 9.80 Å². The molecule has 0 radical (unpaired) electrons. The van der Waals surface area contributed by atoms with Crippen molar-refractivity contribution in [3.8, 4) is 0 Å². The number of rotatable bonds is 10. The molecular formula is C27H34ClN3O5. The molecule has 3 aliphatic rings. The maximum absolute atomic E-state index is 14.3. The molecule has 5 atom stereocenters. The molecule has 2 bridgehead atoms. The Hall–Kier alpha value is -2.68. The van der Waals surface area contributed by atoms with E-state index in [2.05, 4.69) is 13.2 Å². The Bertz CT molecular complexity index is 1080. The SMILES string of the molecule is C=CCN(C)C(=O)[C@H]1[C@H]2C(=O)N(CCO)C(C(=O)N(CC=C)c3ccccc3Cl)C23CC[C@]1(CC)O3. The quantitative estimate of drug-likeness (QED) is 0.484. The summed E-state index contributed by atoms with van der Waals surface area (Å²) in [5.41, 5.74) is -1.50. The van der Waals surface area contributed by atoms with Gasteiger partial charge in [0.15, 0.2) is 0 Å². The number of benzene rings is 1. The van der Waals surface area contributed by atoms with E-state index in [1.165, 1.54) is 9.80 Å². The summed E-state index contributed by atoms with van der Waals surface area (Å²) in [6.45, 7) is 9.62. The highest BCUT2D eigenvalue weighted by atomic mass is 35.5. The Balaban J connectivity index is 1.83. The summed E-state index contributed by atoms with van der Waals surface area (Å²) < 4.78 is 6.73. The zero-order valence-corrected chi connectivity index (χ0v) is 21.6. The molecule has 1 N–H and O–H groups in total. The monoisotopic (exact) mass is 515 g/mol. The molecule has 9 heteroatoms. The van der Waals surface area contributed by atoms with Gasteiger partial charge in [-0.3, -0.25) is 14.4 Å². The van der Waals surface area contributed by atoms with E-state index in [-0.39, 0.29) is 37.4 Å². The zero-order valence-electron chi connectivity index (χ0n) is 20.9. The number of carbonyl (C=O) groups excluding carboxylic acids is 3. The van der Waals surface area contributed by atoms with Crippen molar-refractivity contribution in [2.45, 2.75) is 43.4 Å². The van der Waals surface area contributed by atoms with Gasteiger partial charge in [-0.25, -0.2) is 0 Å². The molecule has 3 amide bonds. The first-order valence-electron chi connectivity index (χ1n) is 12.4. The Morgan fingerprint density at radius 2 is 1.92 bits per heavy atom. The van der Waals surface area contributed by atoms with Crippen molar-refractivity contribution in [2.24, 2.45) is 11.8 Å². The van der Waals surface area contributed by atoms with Crippen molar-refractivity contribution in [3.63, 3.8) is 0 Å². The number of aliphatic hydroxyl groups excluding tert-OH is 1. The third kappa shape index (κ3) is 3.78. The number of fused-ring (bicyclic) bond motifs is 1. The predicted molar refractivity (Wildman–Crippen MR) is 137 cm³/mol. The van der Waals surface area contributed by atoms with Gasteiger partial charge in [0.05, 0.1) is 34.8 Å². The number of halogens is 1. The molecule has 0 aliphatic carbocycles. The number of nitrogens with zero attached hydrogens (tertiary/aromatic N) is 3. The molecular weight excluding hydrogens is 482 g/mol. The number of aliphatic hydroxyl groups is 1. The van der Waals surface area contributed by atoms with Gasteiger partial charge in [0, 0.05) is 26.7 Å². The molecule has 8 nitrogen and oxygen atoms in total. The second-order valence-corrected chi connectivity index (χ2v) is 10.2. The van der Waals surface area contributed by atoms with E-state index >= 15 is 0 Å². The predicted octanol–water partition coefficient (Wildman–Crippen LogP) is 2.65. The van der Waals surface area contributed by atoms with Gasteiger partial charge < -0.3 is 24.5 Å². The molecule has 3 aliphatic heterocycles. The highest BCUT2D eigenvalue weighted by molar-refractivity contribution is 6.34. The van der Waals surface area contributed by atoms with E-state index in [0.29, 0.717) is 36.5 Å². The van der Waals surface area contributed by atoms with Crippen LogP contribution in [0.3, 0.4) is 0 Å². The van der Waals surface area contributed by atoms with Crippen LogP contribution in [0.15, 0.2) is 49.6 Å². The normalized spacial score (nSPS) is 30.3. The number of anilines is 1. The van der Waals surface area contributed by atoms with Crippen LogP contribution in [0.25, 0.3) is 0 Å². The van der Waals surface area contributed by atoms with Crippen LogP contribution in [0.1, 0.15) is 26.2 Å². The lowest BCUT2D eigenvalue weighted by Gasteiger charge is -2.36. The van der Waals surface area contributed by atoms with Gasteiger partial charge in [-0.1, -0.05) is 42.8 Å². The zero-order chi connectivity index (χ0) is 26.3. The van der Waals surface area contributed by atoms with E-state index in [0.717, 1.165) is 0 Å². The maximum Gasteiger partial charge on any atom is 0.253 e. The minimum absolute atomic E-state index is 0.0379. The van der Waals surface area contributed by atoms with E-state index in [1.807, 2.05) is 6.92 Å². The number of hydrogen-bond donors (Lipinski definition) is 1. The number of hydrogen-bond acceptors (Lipinski definition) is 5. The number of para-hydroxylation sites is 1.